The molecule has 0 saturated heterocycles. The molecular weight excluding hydrogens is 291 g/mol. The molecule has 0 atom stereocenters. The second-order valence-electron chi connectivity index (χ2n) is 4.55. The second kappa shape index (κ2) is 4.54. The van der Waals surface area contributed by atoms with Crippen molar-refractivity contribution in [2.75, 3.05) is 0 Å². The Hall–Kier alpha value is -2.44. The highest BCUT2D eigenvalue weighted by Gasteiger charge is 2.28. The molecule has 0 unspecified atom stereocenters. The fourth-order valence-corrected chi connectivity index (χ4v) is 2.05. The predicted molar refractivity (Wildman–Crippen MR) is 66.1 cm³/mol. The van der Waals surface area contributed by atoms with Crippen molar-refractivity contribution >= 4 is 11.0 Å². The summed E-state index contributed by atoms with van der Waals surface area (Å²) >= 11 is 0. The van der Waals surface area contributed by atoms with E-state index in [2.05, 4.69) is 9.97 Å². The zero-order chi connectivity index (χ0) is 15.3. The lowest BCUT2D eigenvalue weighted by atomic mass is 10.1. The van der Waals surface area contributed by atoms with Gasteiger partial charge >= 0.3 is 0 Å². The molecule has 3 aromatic rings. The van der Waals surface area contributed by atoms with Crippen LogP contribution in [0.3, 0.4) is 0 Å². The number of halogens is 5. The number of nitrogens with zero attached hydrogens (tertiary/aromatic N) is 1. The maximum absolute atomic E-state index is 13.7. The maximum atomic E-state index is 13.7. The molecule has 1 N–H and O–H groups in total. The molecule has 7 heteroatoms. The largest absolute Gasteiger partial charge is 0.338 e. The van der Waals surface area contributed by atoms with Gasteiger partial charge in [0, 0.05) is 0 Å². The summed E-state index contributed by atoms with van der Waals surface area (Å²) in [6, 6.07) is 4.94. The van der Waals surface area contributed by atoms with Crippen molar-refractivity contribution in [3.63, 3.8) is 0 Å². The molecule has 0 aliphatic heterocycles. The van der Waals surface area contributed by atoms with Crippen LogP contribution in [0.1, 0.15) is 5.56 Å². The van der Waals surface area contributed by atoms with Crippen LogP contribution < -0.4 is 0 Å². The lowest BCUT2D eigenvalue weighted by molar-refractivity contribution is 0.381. The molecular formula is C14H7F5N2. The summed E-state index contributed by atoms with van der Waals surface area (Å²) in [5, 5.41) is 0. The van der Waals surface area contributed by atoms with Crippen LogP contribution in [0.15, 0.2) is 18.2 Å². The van der Waals surface area contributed by atoms with Crippen LogP contribution in [0.2, 0.25) is 0 Å². The first-order valence-electron chi connectivity index (χ1n) is 5.88. The molecule has 0 aliphatic rings. The fraction of sp³-hybridized carbons (Fsp3) is 0.0714. The number of aromatic amines is 1. The molecule has 1 heterocycles. The summed E-state index contributed by atoms with van der Waals surface area (Å²) in [5.74, 6) is -10.4. The van der Waals surface area contributed by atoms with Gasteiger partial charge in [0.25, 0.3) is 0 Å². The van der Waals surface area contributed by atoms with E-state index in [0.29, 0.717) is 11.0 Å². The standard InChI is InChI=1S/C14H7F5N2/c1-5-2-3-6-7(4-5)21-14(20-6)8-9(15)11(17)13(19)12(18)10(8)16/h2-4H,1H3,(H,20,21). The molecule has 0 spiro atoms. The summed E-state index contributed by atoms with van der Waals surface area (Å²) in [5.41, 5.74) is 0.587. The molecule has 3 rings (SSSR count). The Kier molecular flexibility index (Phi) is 2.93. The molecule has 108 valence electrons. The summed E-state index contributed by atoms with van der Waals surface area (Å²) in [6.45, 7) is 1.79. The van der Waals surface area contributed by atoms with Gasteiger partial charge in [-0.05, 0) is 24.6 Å². The van der Waals surface area contributed by atoms with E-state index in [1.165, 1.54) is 0 Å². The summed E-state index contributed by atoms with van der Waals surface area (Å²) in [4.78, 5) is 6.43. The topological polar surface area (TPSA) is 28.7 Å². The molecule has 21 heavy (non-hydrogen) atoms. The van der Waals surface area contributed by atoms with Crippen molar-refractivity contribution in [3.8, 4) is 11.4 Å². The van der Waals surface area contributed by atoms with Crippen LogP contribution in [0.25, 0.3) is 22.4 Å². The Morgan fingerprint density at radius 2 is 1.43 bits per heavy atom. The first kappa shape index (κ1) is 13.5. The first-order chi connectivity index (χ1) is 9.90. The van der Waals surface area contributed by atoms with Crippen molar-refractivity contribution in [1.82, 2.24) is 9.97 Å². The fourth-order valence-electron chi connectivity index (χ4n) is 2.05. The summed E-state index contributed by atoms with van der Waals surface area (Å²) in [7, 11) is 0. The van der Waals surface area contributed by atoms with Crippen LogP contribution in [0.4, 0.5) is 22.0 Å². The summed E-state index contributed by atoms with van der Waals surface area (Å²) in [6.07, 6.45) is 0. The molecule has 2 nitrogen and oxygen atoms in total. The van der Waals surface area contributed by atoms with Crippen LogP contribution >= 0.6 is 0 Å². The van der Waals surface area contributed by atoms with Crippen LogP contribution in [-0.4, -0.2) is 9.97 Å². The third-order valence-electron chi connectivity index (χ3n) is 3.08. The van der Waals surface area contributed by atoms with E-state index in [1.807, 2.05) is 0 Å². The molecule has 2 aromatic carbocycles. The zero-order valence-electron chi connectivity index (χ0n) is 10.6. The highest BCUT2D eigenvalue weighted by atomic mass is 19.2. The normalized spacial score (nSPS) is 11.3. The SMILES string of the molecule is Cc1ccc2nc(-c3c(F)c(F)c(F)c(F)c3F)[nH]c2c1. The minimum atomic E-state index is -2.19. The number of imidazole rings is 1. The molecule has 0 amide bonds. The van der Waals surface area contributed by atoms with Crippen molar-refractivity contribution < 1.29 is 22.0 Å². The summed E-state index contributed by atoms with van der Waals surface area (Å²) < 4.78 is 66.9. The van der Waals surface area contributed by atoms with Gasteiger partial charge in [-0.3, -0.25) is 0 Å². The number of nitrogens with one attached hydrogen (secondary N) is 1. The van der Waals surface area contributed by atoms with Crippen LogP contribution in [-0.2, 0) is 0 Å². The third-order valence-corrected chi connectivity index (χ3v) is 3.08. The number of rotatable bonds is 1. The van der Waals surface area contributed by atoms with Gasteiger partial charge in [0.15, 0.2) is 23.3 Å². The van der Waals surface area contributed by atoms with Gasteiger partial charge in [0.05, 0.1) is 16.6 Å². The molecule has 0 radical (unpaired) electrons. The van der Waals surface area contributed by atoms with E-state index < -0.39 is 40.5 Å². The third kappa shape index (κ3) is 1.96. The lowest BCUT2D eigenvalue weighted by Gasteiger charge is -2.05. The number of benzene rings is 2. The second-order valence-corrected chi connectivity index (χ2v) is 4.55. The zero-order valence-corrected chi connectivity index (χ0v) is 10.6. The Morgan fingerprint density at radius 1 is 0.857 bits per heavy atom. The van der Waals surface area contributed by atoms with E-state index in [4.69, 9.17) is 0 Å². The van der Waals surface area contributed by atoms with Gasteiger partial charge in [0.2, 0.25) is 5.82 Å². The Morgan fingerprint density at radius 3 is 2.05 bits per heavy atom. The highest BCUT2D eigenvalue weighted by molar-refractivity contribution is 5.80. The minimum absolute atomic E-state index is 0.361. The van der Waals surface area contributed by atoms with E-state index in [9.17, 15) is 22.0 Å². The van der Waals surface area contributed by atoms with E-state index in [0.717, 1.165) is 5.56 Å². The quantitative estimate of drug-likeness (QED) is 0.406. The van der Waals surface area contributed by atoms with Crippen molar-refractivity contribution in [2.24, 2.45) is 0 Å². The van der Waals surface area contributed by atoms with Gasteiger partial charge in [-0.25, -0.2) is 26.9 Å². The van der Waals surface area contributed by atoms with Crippen molar-refractivity contribution in [1.29, 1.82) is 0 Å². The lowest BCUT2D eigenvalue weighted by Crippen LogP contribution is -2.04. The van der Waals surface area contributed by atoms with Crippen LogP contribution in [0.5, 0.6) is 0 Å². The van der Waals surface area contributed by atoms with Crippen molar-refractivity contribution in [3.05, 3.63) is 52.8 Å². The number of aryl methyl sites for hydroxylation is 1. The van der Waals surface area contributed by atoms with Gasteiger partial charge in [-0.1, -0.05) is 6.07 Å². The number of fused-ring (bicyclic) bond motifs is 1. The Bertz CT molecular complexity index is 840. The van der Waals surface area contributed by atoms with Gasteiger partial charge in [0.1, 0.15) is 5.82 Å². The smallest absolute Gasteiger partial charge is 0.200 e. The molecule has 0 fully saturated rings. The van der Waals surface area contributed by atoms with Crippen LogP contribution in [0, 0.1) is 36.0 Å². The van der Waals surface area contributed by atoms with E-state index in [1.54, 1.807) is 25.1 Å². The monoisotopic (exact) mass is 298 g/mol. The Balaban J connectivity index is 2.32. The van der Waals surface area contributed by atoms with Gasteiger partial charge < -0.3 is 4.98 Å². The number of aromatic nitrogens is 2. The molecule has 0 bridgehead atoms. The van der Waals surface area contributed by atoms with Gasteiger partial charge in [-0.2, -0.15) is 0 Å². The van der Waals surface area contributed by atoms with Gasteiger partial charge in [-0.15, -0.1) is 0 Å². The minimum Gasteiger partial charge on any atom is -0.338 e. The van der Waals surface area contributed by atoms with E-state index >= 15 is 0 Å². The average Bonchev–Trinajstić information content (AvgIpc) is 2.85. The predicted octanol–water partition coefficient (Wildman–Crippen LogP) is 4.23. The molecule has 0 aliphatic carbocycles. The van der Waals surface area contributed by atoms with Crippen molar-refractivity contribution in [2.45, 2.75) is 6.92 Å². The van der Waals surface area contributed by atoms with E-state index in [-0.39, 0.29) is 0 Å². The Labute approximate surface area is 115 Å². The maximum Gasteiger partial charge on any atom is 0.200 e. The number of H-pyrrole nitrogens is 1. The average molecular weight is 298 g/mol. The highest BCUT2D eigenvalue weighted by Crippen LogP contribution is 2.31. The molecule has 0 saturated carbocycles. The number of hydrogen-bond acceptors (Lipinski definition) is 1. The first-order valence-corrected chi connectivity index (χ1v) is 5.88. The molecule has 1 aromatic heterocycles. The number of hydrogen-bond donors (Lipinski definition) is 1.